The number of hydrogen-bond donors (Lipinski definition) is 1. The molecular formula is C14H18ClNO4. The Labute approximate surface area is 123 Å². The molecule has 0 saturated carbocycles. The third-order valence-electron chi connectivity index (χ3n) is 2.96. The van der Waals surface area contributed by atoms with E-state index in [4.69, 9.17) is 21.4 Å². The van der Waals surface area contributed by atoms with Crippen molar-refractivity contribution in [3.63, 3.8) is 0 Å². The predicted octanol–water partition coefficient (Wildman–Crippen LogP) is 2.43. The lowest BCUT2D eigenvalue weighted by Gasteiger charge is -2.21. The molecule has 0 saturated heterocycles. The van der Waals surface area contributed by atoms with Crippen molar-refractivity contribution in [2.45, 2.75) is 25.8 Å². The number of para-hydroxylation sites is 1. The molecule has 5 nitrogen and oxygen atoms in total. The number of carboxylic acids is 1. The van der Waals surface area contributed by atoms with Gasteiger partial charge >= 0.3 is 5.97 Å². The van der Waals surface area contributed by atoms with Gasteiger partial charge in [-0.2, -0.15) is 0 Å². The first-order chi connectivity index (χ1) is 9.43. The number of nitrogens with zero attached hydrogens (tertiary/aromatic N) is 1. The van der Waals surface area contributed by atoms with Crippen molar-refractivity contribution in [1.82, 2.24) is 4.90 Å². The highest BCUT2D eigenvalue weighted by molar-refractivity contribution is 6.32. The van der Waals surface area contributed by atoms with Crippen LogP contribution in [0.15, 0.2) is 24.3 Å². The second-order valence-electron chi connectivity index (χ2n) is 4.40. The molecule has 1 aromatic carbocycles. The molecule has 1 atom stereocenters. The SMILES string of the molecule is CC(C(=O)O)N(C)C(=O)CCCOc1ccccc1Cl. The molecule has 0 aliphatic rings. The van der Waals surface area contributed by atoms with Gasteiger partial charge < -0.3 is 14.7 Å². The zero-order chi connectivity index (χ0) is 15.1. The predicted molar refractivity (Wildman–Crippen MR) is 76.0 cm³/mol. The number of ether oxygens (including phenoxy) is 1. The van der Waals surface area contributed by atoms with Crippen molar-refractivity contribution in [1.29, 1.82) is 0 Å². The Bertz CT molecular complexity index is 478. The van der Waals surface area contributed by atoms with Crippen LogP contribution in [0.2, 0.25) is 5.02 Å². The first-order valence-corrected chi connectivity index (χ1v) is 6.67. The van der Waals surface area contributed by atoms with E-state index in [1.54, 1.807) is 18.2 Å². The Morgan fingerprint density at radius 2 is 2.05 bits per heavy atom. The minimum Gasteiger partial charge on any atom is -0.492 e. The highest BCUT2D eigenvalue weighted by Gasteiger charge is 2.20. The molecule has 0 bridgehead atoms. The first kappa shape index (κ1) is 16.3. The number of halogens is 1. The summed E-state index contributed by atoms with van der Waals surface area (Å²) in [6, 6.07) is 6.27. The van der Waals surface area contributed by atoms with Crippen LogP contribution in [-0.4, -0.2) is 41.6 Å². The minimum absolute atomic E-state index is 0.220. The number of carboxylic acid groups (broad SMARTS) is 1. The lowest BCUT2D eigenvalue weighted by atomic mass is 10.2. The van der Waals surface area contributed by atoms with E-state index < -0.39 is 12.0 Å². The van der Waals surface area contributed by atoms with E-state index in [9.17, 15) is 9.59 Å². The van der Waals surface area contributed by atoms with Gasteiger partial charge in [-0.05, 0) is 25.5 Å². The molecule has 0 heterocycles. The van der Waals surface area contributed by atoms with E-state index in [-0.39, 0.29) is 12.3 Å². The van der Waals surface area contributed by atoms with Gasteiger partial charge in [0.2, 0.25) is 5.91 Å². The van der Waals surface area contributed by atoms with Gasteiger partial charge in [0.05, 0.1) is 11.6 Å². The van der Waals surface area contributed by atoms with Crippen LogP contribution in [0.1, 0.15) is 19.8 Å². The maximum absolute atomic E-state index is 11.7. The molecule has 1 aromatic rings. The van der Waals surface area contributed by atoms with Crippen LogP contribution in [0.5, 0.6) is 5.75 Å². The van der Waals surface area contributed by atoms with Gasteiger partial charge in [-0.1, -0.05) is 23.7 Å². The molecule has 0 aromatic heterocycles. The molecule has 0 aliphatic heterocycles. The lowest BCUT2D eigenvalue weighted by molar-refractivity contribution is -0.148. The van der Waals surface area contributed by atoms with Gasteiger partial charge in [0, 0.05) is 13.5 Å². The molecular weight excluding hydrogens is 282 g/mol. The summed E-state index contributed by atoms with van der Waals surface area (Å²) in [6.45, 7) is 1.82. The summed E-state index contributed by atoms with van der Waals surface area (Å²) >= 11 is 5.93. The third kappa shape index (κ3) is 4.74. The highest BCUT2D eigenvalue weighted by atomic mass is 35.5. The third-order valence-corrected chi connectivity index (χ3v) is 3.27. The molecule has 0 radical (unpaired) electrons. The largest absolute Gasteiger partial charge is 0.492 e. The van der Waals surface area contributed by atoms with Crippen molar-refractivity contribution in [2.75, 3.05) is 13.7 Å². The summed E-state index contributed by atoms with van der Waals surface area (Å²) in [4.78, 5) is 23.7. The standard InChI is InChI=1S/C14H18ClNO4/c1-10(14(18)19)16(2)13(17)8-5-9-20-12-7-4-3-6-11(12)15/h3-4,6-7,10H,5,8-9H2,1-2H3,(H,18,19). The second-order valence-corrected chi connectivity index (χ2v) is 4.81. The maximum atomic E-state index is 11.7. The number of aliphatic carboxylic acids is 1. The summed E-state index contributed by atoms with van der Waals surface area (Å²) in [7, 11) is 1.48. The molecule has 20 heavy (non-hydrogen) atoms. The number of rotatable bonds is 7. The average Bonchev–Trinajstić information content (AvgIpc) is 2.43. The fraction of sp³-hybridized carbons (Fsp3) is 0.429. The fourth-order valence-corrected chi connectivity index (χ4v) is 1.72. The zero-order valence-corrected chi connectivity index (χ0v) is 12.3. The Hall–Kier alpha value is -1.75. The Kier molecular flexibility index (Phi) is 6.31. The molecule has 1 amide bonds. The second kappa shape index (κ2) is 7.75. The first-order valence-electron chi connectivity index (χ1n) is 6.29. The molecule has 110 valence electrons. The van der Waals surface area contributed by atoms with Gasteiger partial charge in [-0.25, -0.2) is 4.79 Å². The number of amides is 1. The number of carbonyl (C=O) groups is 2. The monoisotopic (exact) mass is 299 g/mol. The smallest absolute Gasteiger partial charge is 0.326 e. The van der Waals surface area contributed by atoms with Crippen molar-refractivity contribution in [2.24, 2.45) is 0 Å². The van der Waals surface area contributed by atoms with Gasteiger partial charge in [0.15, 0.2) is 0 Å². The van der Waals surface area contributed by atoms with Crippen LogP contribution in [0.4, 0.5) is 0 Å². The summed E-state index contributed by atoms with van der Waals surface area (Å²) in [6.07, 6.45) is 0.735. The van der Waals surface area contributed by atoms with E-state index in [2.05, 4.69) is 0 Å². The Morgan fingerprint density at radius 1 is 1.40 bits per heavy atom. The van der Waals surface area contributed by atoms with Crippen LogP contribution in [0.25, 0.3) is 0 Å². The lowest BCUT2D eigenvalue weighted by Crippen LogP contribution is -2.40. The number of hydrogen-bond acceptors (Lipinski definition) is 3. The quantitative estimate of drug-likeness (QED) is 0.785. The highest BCUT2D eigenvalue weighted by Crippen LogP contribution is 2.23. The zero-order valence-electron chi connectivity index (χ0n) is 11.5. The molecule has 1 unspecified atom stereocenters. The molecule has 1 N–H and O–H groups in total. The average molecular weight is 300 g/mol. The summed E-state index contributed by atoms with van der Waals surface area (Å²) in [5, 5.41) is 9.34. The molecule has 6 heteroatoms. The molecule has 1 rings (SSSR count). The van der Waals surface area contributed by atoms with E-state index in [0.29, 0.717) is 23.8 Å². The normalized spacial score (nSPS) is 11.8. The van der Waals surface area contributed by atoms with Crippen molar-refractivity contribution < 1.29 is 19.4 Å². The van der Waals surface area contributed by atoms with E-state index in [1.807, 2.05) is 6.07 Å². The van der Waals surface area contributed by atoms with E-state index in [0.717, 1.165) is 0 Å². The van der Waals surface area contributed by atoms with Gasteiger partial charge in [0.1, 0.15) is 11.8 Å². The summed E-state index contributed by atoms with van der Waals surface area (Å²) in [5.74, 6) is -0.662. The van der Waals surface area contributed by atoms with Crippen LogP contribution in [0, 0.1) is 0 Å². The van der Waals surface area contributed by atoms with Crippen LogP contribution >= 0.6 is 11.6 Å². The van der Waals surface area contributed by atoms with Crippen LogP contribution in [0.3, 0.4) is 0 Å². The number of carbonyl (C=O) groups excluding carboxylic acids is 1. The van der Waals surface area contributed by atoms with Gasteiger partial charge in [-0.15, -0.1) is 0 Å². The minimum atomic E-state index is -1.02. The molecule has 0 aliphatic carbocycles. The van der Waals surface area contributed by atoms with E-state index in [1.165, 1.54) is 18.9 Å². The van der Waals surface area contributed by atoms with Crippen LogP contribution < -0.4 is 4.74 Å². The van der Waals surface area contributed by atoms with Crippen molar-refractivity contribution >= 4 is 23.5 Å². The molecule has 0 spiro atoms. The number of benzene rings is 1. The maximum Gasteiger partial charge on any atom is 0.326 e. The van der Waals surface area contributed by atoms with Crippen molar-refractivity contribution in [3.05, 3.63) is 29.3 Å². The topological polar surface area (TPSA) is 66.8 Å². The van der Waals surface area contributed by atoms with E-state index >= 15 is 0 Å². The van der Waals surface area contributed by atoms with Crippen molar-refractivity contribution in [3.8, 4) is 5.75 Å². The number of likely N-dealkylation sites (N-methyl/N-ethyl adjacent to an activating group) is 1. The Balaban J connectivity index is 2.33. The summed E-state index contributed by atoms with van der Waals surface area (Å²) in [5.41, 5.74) is 0. The fourth-order valence-electron chi connectivity index (χ4n) is 1.53. The van der Waals surface area contributed by atoms with Crippen LogP contribution in [-0.2, 0) is 9.59 Å². The van der Waals surface area contributed by atoms with Gasteiger partial charge in [0.25, 0.3) is 0 Å². The summed E-state index contributed by atoms with van der Waals surface area (Å²) < 4.78 is 5.46. The molecule has 0 fully saturated rings. The van der Waals surface area contributed by atoms with Gasteiger partial charge in [-0.3, -0.25) is 4.79 Å². The Morgan fingerprint density at radius 3 is 2.65 bits per heavy atom.